The molecule has 0 unspecified atom stereocenters. The maximum absolute atomic E-state index is 12.6. The molecule has 1 aromatic rings. The Balaban J connectivity index is 3.46. The Labute approximate surface area is 114 Å². The fourth-order valence-corrected chi connectivity index (χ4v) is 1.69. The zero-order valence-corrected chi connectivity index (χ0v) is 10.7. The number of nitrogens with zero attached hydrogens (tertiary/aromatic N) is 1. The van der Waals surface area contributed by atoms with E-state index in [4.69, 9.17) is 0 Å². The van der Waals surface area contributed by atoms with Crippen molar-refractivity contribution in [2.24, 2.45) is 0 Å². The Morgan fingerprint density at radius 3 is 2.05 bits per heavy atom. The molecule has 0 aliphatic heterocycles. The summed E-state index contributed by atoms with van der Waals surface area (Å²) in [4.78, 5) is 2.57. The lowest BCUT2D eigenvalue weighted by molar-refractivity contribution is -0.275. The zero-order valence-electron chi connectivity index (χ0n) is 9.12. The van der Waals surface area contributed by atoms with Gasteiger partial charge in [-0.05, 0) is 11.6 Å². The molecule has 0 N–H and O–H groups in total. The van der Waals surface area contributed by atoms with E-state index in [-0.39, 0.29) is 6.07 Å². The van der Waals surface area contributed by atoms with E-state index in [1.165, 1.54) is 0 Å². The molecule has 0 fully saturated rings. The highest BCUT2D eigenvalue weighted by molar-refractivity contribution is 9.08. The lowest BCUT2D eigenvalue weighted by atomic mass is 10.1. The predicted molar refractivity (Wildman–Crippen MR) is 53.5 cm³/mol. The van der Waals surface area contributed by atoms with E-state index in [1.54, 1.807) is 0 Å². The summed E-state index contributed by atoms with van der Waals surface area (Å²) in [6.45, 7) is 0. The normalized spacial score (nSPS) is 12.9. The molecule has 0 saturated carbocycles. The molecule has 2 nitrogen and oxygen atoms in total. The number of hydrogen-bond acceptors (Lipinski definition) is 2. The molecule has 114 valence electrons. The van der Waals surface area contributed by atoms with Gasteiger partial charge in [-0.1, -0.05) is 15.9 Å². The van der Waals surface area contributed by atoms with E-state index < -0.39 is 47.0 Å². The average Bonchev–Trinajstić information content (AvgIpc) is 2.24. The number of rotatable bonds is 3. The van der Waals surface area contributed by atoms with E-state index in [9.17, 15) is 35.1 Å². The van der Waals surface area contributed by atoms with Gasteiger partial charge in [0.1, 0.15) is 11.4 Å². The number of alkyl halides is 9. The van der Waals surface area contributed by atoms with Gasteiger partial charge in [-0.25, -0.2) is 13.8 Å². The Morgan fingerprint density at radius 2 is 1.70 bits per heavy atom. The molecule has 0 saturated heterocycles. The van der Waals surface area contributed by atoms with Crippen LogP contribution in [0, 0.1) is 0 Å². The standard InChI is InChI=1S/C9H4BrF8NO/c10-2-3-1-4(20-9(16,17)18)5(7(11)12)19-6(3)8(13,14)15/h1,7H,2H2. The number of aromatic nitrogens is 1. The molecule has 0 atom stereocenters. The van der Waals surface area contributed by atoms with Gasteiger partial charge in [-0.15, -0.1) is 13.2 Å². The Kier molecular flexibility index (Phi) is 4.82. The Bertz CT molecular complexity index is 484. The third-order valence-electron chi connectivity index (χ3n) is 1.94. The smallest absolute Gasteiger partial charge is 0.404 e. The molecule has 1 heterocycles. The van der Waals surface area contributed by atoms with E-state index in [0.717, 1.165) is 0 Å². The molecule has 0 aromatic carbocycles. The van der Waals surface area contributed by atoms with Gasteiger partial charge in [0, 0.05) is 5.33 Å². The molecule has 20 heavy (non-hydrogen) atoms. The second-order valence-electron chi connectivity index (χ2n) is 3.36. The SMILES string of the molecule is FC(F)c1nc(C(F)(F)F)c(CBr)cc1OC(F)(F)F. The quantitative estimate of drug-likeness (QED) is 0.559. The van der Waals surface area contributed by atoms with Crippen LogP contribution in [0.1, 0.15) is 23.4 Å². The Hall–Kier alpha value is -1.13. The number of hydrogen-bond donors (Lipinski definition) is 0. The highest BCUT2D eigenvalue weighted by Gasteiger charge is 2.39. The highest BCUT2D eigenvalue weighted by Crippen LogP contribution is 2.38. The minimum atomic E-state index is -5.32. The van der Waals surface area contributed by atoms with Gasteiger partial charge in [0.15, 0.2) is 5.75 Å². The Morgan fingerprint density at radius 1 is 1.15 bits per heavy atom. The molecule has 1 aromatic heterocycles. The third kappa shape index (κ3) is 4.18. The first-order chi connectivity index (χ1) is 8.95. The van der Waals surface area contributed by atoms with Crippen LogP contribution in [0.25, 0.3) is 0 Å². The first-order valence-electron chi connectivity index (χ1n) is 4.66. The van der Waals surface area contributed by atoms with Gasteiger partial charge in [0.2, 0.25) is 0 Å². The van der Waals surface area contributed by atoms with E-state index in [2.05, 4.69) is 25.7 Å². The van der Waals surface area contributed by atoms with Gasteiger partial charge in [-0.3, -0.25) is 0 Å². The molecule has 1 rings (SSSR count). The molecule has 11 heteroatoms. The first-order valence-corrected chi connectivity index (χ1v) is 5.78. The van der Waals surface area contributed by atoms with Crippen LogP contribution in [0.2, 0.25) is 0 Å². The fourth-order valence-electron chi connectivity index (χ4n) is 1.26. The lowest BCUT2D eigenvalue weighted by Gasteiger charge is -2.17. The van der Waals surface area contributed by atoms with Crippen molar-refractivity contribution >= 4 is 15.9 Å². The summed E-state index contributed by atoms with van der Waals surface area (Å²) in [5.74, 6) is -1.46. The minimum absolute atomic E-state index is 0.236. The van der Waals surface area contributed by atoms with Crippen LogP contribution in [-0.4, -0.2) is 11.3 Å². The van der Waals surface area contributed by atoms with Crippen LogP contribution >= 0.6 is 15.9 Å². The first kappa shape index (κ1) is 16.9. The summed E-state index contributed by atoms with van der Waals surface area (Å²) < 4.78 is 102. The van der Waals surface area contributed by atoms with Crippen LogP contribution in [0.5, 0.6) is 5.75 Å². The van der Waals surface area contributed by atoms with Crippen LogP contribution in [-0.2, 0) is 11.5 Å². The molecule has 0 aliphatic rings. The van der Waals surface area contributed by atoms with E-state index in [0.29, 0.717) is 0 Å². The van der Waals surface area contributed by atoms with E-state index in [1.807, 2.05) is 0 Å². The van der Waals surface area contributed by atoms with Crippen molar-refractivity contribution < 1.29 is 39.9 Å². The van der Waals surface area contributed by atoms with Crippen molar-refractivity contribution in [1.29, 1.82) is 0 Å². The molecular weight excluding hydrogens is 370 g/mol. The summed E-state index contributed by atoms with van der Waals surface area (Å²) in [7, 11) is 0. The monoisotopic (exact) mass is 373 g/mol. The van der Waals surface area contributed by atoms with Gasteiger partial charge in [-0.2, -0.15) is 13.2 Å². The van der Waals surface area contributed by atoms with Crippen LogP contribution in [0.4, 0.5) is 35.1 Å². The lowest BCUT2D eigenvalue weighted by Crippen LogP contribution is -2.21. The topological polar surface area (TPSA) is 22.1 Å². The van der Waals surface area contributed by atoms with Crippen LogP contribution in [0.3, 0.4) is 0 Å². The zero-order chi connectivity index (χ0) is 15.7. The van der Waals surface area contributed by atoms with Crippen LogP contribution in [0.15, 0.2) is 6.07 Å². The van der Waals surface area contributed by atoms with E-state index >= 15 is 0 Å². The van der Waals surface area contributed by atoms with Gasteiger partial charge < -0.3 is 4.74 Å². The van der Waals surface area contributed by atoms with Crippen molar-refractivity contribution in [1.82, 2.24) is 4.98 Å². The molecule has 0 amide bonds. The molecule has 0 spiro atoms. The summed E-state index contributed by atoms with van der Waals surface area (Å²) in [5, 5.41) is -0.535. The number of halogens is 9. The maximum Gasteiger partial charge on any atom is 0.573 e. The fraction of sp³-hybridized carbons (Fsp3) is 0.444. The van der Waals surface area contributed by atoms with Crippen molar-refractivity contribution in [3.63, 3.8) is 0 Å². The summed E-state index contributed by atoms with van der Waals surface area (Å²) >= 11 is 2.61. The molecule has 0 aliphatic carbocycles. The molecular formula is C9H4BrF8NO. The number of ether oxygens (including phenoxy) is 1. The van der Waals surface area contributed by atoms with Crippen molar-refractivity contribution in [3.8, 4) is 5.75 Å². The van der Waals surface area contributed by atoms with Crippen molar-refractivity contribution in [3.05, 3.63) is 23.0 Å². The van der Waals surface area contributed by atoms with Crippen LogP contribution < -0.4 is 4.74 Å². The molecule has 0 radical (unpaired) electrons. The minimum Gasteiger partial charge on any atom is -0.404 e. The largest absolute Gasteiger partial charge is 0.573 e. The van der Waals surface area contributed by atoms with Gasteiger partial charge in [0.05, 0.1) is 0 Å². The average molecular weight is 374 g/mol. The third-order valence-corrected chi connectivity index (χ3v) is 2.54. The predicted octanol–water partition coefficient (Wildman–Crippen LogP) is 4.83. The maximum atomic E-state index is 12.6. The van der Waals surface area contributed by atoms with Gasteiger partial charge in [0.25, 0.3) is 6.43 Å². The molecule has 0 bridgehead atoms. The van der Waals surface area contributed by atoms with Gasteiger partial charge >= 0.3 is 12.5 Å². The second kappa shape index (κ2) is 5.70. The summed E-state index contributed by atoms with van der Waals surface area (Å²) in [6, 6.07) is 0.236. The summed E-state index contributed by atoms with van der Waals surface area (Å²) in [6.07, 6.45) is -14.1. The number of pyridine rings is 1. The second-order valence-corrected chi connectivity index (χ2v) is 3.92. The van der Waals surface area contributed by atoms with Crippen molar-refractivity contribution in [2.45, 2.75) is 24.3 Å². The summed E-state index contributed by atoms with van der Waals surface area (Å²) in [5.41, 5.74) is -4.17. The van der Waals surface area contributed by atoms with Crippen molar-refractivity contribution in [2.75, 3.05) is 0 Å². The highest BCUT2D eigenvalue weighted by atomic mass is 79.9.